The number of Topliss-reactive ketones (excluding diaryl/α,β-unsaturated/α-hetero) is 1. The number of carbonyl (C=O) groups is 3. The Morgan fingerprint density at radius 2 is 1.68 bits per heavy atom. The molecule has 10 nitrogen and oxygen atoms in total. The summed E-state index contributed by atoms with van der Waals surface area (Å²) in [5, 5.41) is 25.1. The van der Waals surface area contributed by atoms with Crippen LogP contribution in [0, 0.1) is 10.1 Å². The molecule has 0 saturated carbocycles. The summed E-state index contributed by atoms with van der Waals surface area (Å²) in [5.41, 5.74) is 1.92. The maximum atomic E-state index is 13.3. The summed E-state index contributed by atoms with van der Waals surface area (Å²) in [4.78, 5) is 51.8. The third-order valence-electron chi connectivity index (χ3n) is 5.97. The zero-order chi connectivity index (χ0) is 26.9. The van der Waals surface area contributed by atoms with Crippen molar-refractivity contribution in [3.05, 3.63) is 99.6 Å². The highest BCUT2D eigenvalue weighted by atomic mass is 16.6. The van der Waals surface area contributed by atoms with Gasteiger partial charge in [-0.15, -0.1) is 0 Å². The molecule has 188 valence electrons. The lowest BCUT2D eigenvalue weighted by molar-refractivity contribution is -0.384. The number of amides is 2. The molecule has 10 heteroatoms. The predicted octanol–water partition coefficient (Wildman–Crippen LogP) is 4.25. The molecule has 1 saturated heterocycles. The van der Waals surface area contributed by atoms with Gasteiger partial charge in [0.1, 0.15) is 5.76 Å². The molecule has 2 N–H and O–H groups in total. The molecule has 0 bridgehead atoms. The average Bonchev–Trinajstić information content (AvgIpc) is 3.14. The van der Waals surface area contributed by atoms with E-state index in [1.54, 1.807) is 36.4 Å². The van der Waals surface area contributed by atoms with Crippen molar-refractivity contribution in [3.63, 3.8) is 0 Å². The number of non-ortho nitro benzene ring substituents is 1. The number of hydrogen-bond donors (Lipinski definition) is 2. The molecule has 0 aromatic heterocycles. The lowest BCUT2D eigenvalue weighted by Gasteiger charge is -2.26. The van der Waals surface area contributed by atoms with E-state index in [1.807, 2.05) is 31.1 Å². The van der Waals surface area contributed by atoms with E-state index in [4.69, 9.17) is 0 Å². The molecule has 3 aromatic carbocycles. The number of nitrogens with one attached hydrogen (secondary N) is 1. The molecular weight excluding hydrogens is 476 g/mol. The van der Waals surface area contributed by atoms with E-state index < -0.39 is 28.4 Å². The summed E-state index contributed by atoms with van der Waals surface area (Å²) < 4.78 is 0. The molecular formula is C27H24N4O6. The van der Waals surface area contributed by atoms with E-state index in [9.17, 15) is 29.6 Å². The van der Waals surface area contributed by atoms with Crippen molar-refractivity contribution in [2.45, 2.75) is 13.0 Å². The number of aliphatic hydroxyl groups is 1. The molecule has 1 fully saturated rings. The van der Waals surface area contributed by atoms with Gasteiger partial charge in [-0.05, 0) is 42.0 Å². The Labute approximate surface area is 212 Å². The van der Waals surface area contributed by atoms with E-state index in [0.717, 1.165) is 11.8 Å². The number of nitro groups is 1. The van der Waals surface area contributed by atoms with Crippen LogP contribution in [0.2, 0.25) is 0 Å². The van der Waals surface area contributed by atoms with Crippen LogP contribution in [-0.2, 0) is 14.4 Å². The van der Waals surface area contributed by atoms with Gasteiger partial charge < -0.3 is 15.3 Å². The van der Waals surface area contributed by atoms with Gasteiger partial charge in [-0.25, -0.2) is 0 Å². The second-order valence-electron chi connectivity index (χ2n) is 8.69. The van der Waals surface area contributed by atoms with Crippen LogP contribution in [0.1, 0.15) is 24.1 Å². The highest BCUT2D eigenvalue weighted by Crippen LogP contribution is 2.43. The molecule has 1 unspecified atom stereocenters. The first-order chi connectivity index (χ1) is 17.6. The fourth-order valence-corrected chi connectivity index (χ4v) is 4.20. The number of anilines is 3. The number of benzene rings is 3. The zero-order valence-corrected chi connectivity index (χ0v) is 20.3. The second kappa shape index (κ2) is 9.94. The van der Waals surface area contributed by atoms with Crippen LogP contribution in [-0.4, -0.2) is 41.7 Å². The molecule has 4 rings (SSSR count). The number of ketones is 1. The number of carbonyl (C=O) groups excluding carboxylic acids is 3. The van der Waals surface area contributed by atoms with Crippen LogP contribution in [0.25, 0.3) is 5.76 Å². The van der Waals surface area contributed by atoms with Gasteiger partial charge in [-0.3, -0.25) is 29.4 Å². The smallest absolute Gasteiger partial charge is 0.300 e. The standard InChI is InChI=1S/C27H24N4O6/c1-16(32)28-19-9-13-21(14-10-19)30-24(17-7-11-20(12-8-17)29(2)3)23(26(34)27(30)35)25(33)18-5-4-6-22(15-18)31(36)37/h4-15,24,33H,1-3H3,(H,28,32)/b25-23-. The van der Waals surface area contributed by atoms with Gasteiger partial charge in [0.15, 0.2) is 0 Å². The van der Waals surface area contributed by atoms with Crippen molar-refractivity contribution >= 4 is 46.1 Å². The van der Waals surface area contributed by atoms with Crippen molar-refractivity contribution in [2.24, 2.45) is 0 Å². The number of hydrogen-bond acceptors (Lipinski definition) is 7. The Hall–Kier alpha value is -4.99. The number of nitro benzene ring substituents is 1. The lowest BCUT2D eigenvalue weighted by Crippen LogP contribution is -2.29. The van der Waals surface area contributed by atoms with Gasteiger partial charge in [-0.2, -0.15) is 0 Å². The van der Waals surface area contributed by atoms with Crippen molar-refractivity contribution in [1.29, 1.82) is 0 Å². The summed E-state index contributed by atoms with van der Waals surface area (Å²) in [5.74, 6) is -2.55. The third kappa shape index (κ3) is 4.90. The van der Waals surface area contributed by atoms with E-state index in [1.165, 1.54) is 30.0 Å². The van der Waals surface area contributed by atoms with E-state index in [2.05, 4.69) is 5.32 Å². The molecule has 2 amide bonds. The number of aliphatic hydroxyl groups excluding tert-OH is 1. The fraction of sp³-hybridized carbons (Fsp3) is 0.148. The van der Waals surface area contributed by atoms with Crippen molar-refractivity contribution in [3.8, 4) is 0 Å². The summed E-state index contributed by atoms with van der Waals surface area (Å²) in [6.07, 6.45) is 0. The number of rotatable bonds is 6. The molecule has 1 aliphatic heterocycles. The summed E-state index contributed by atoms with van der Waals surface area (Å²) in [6.45, 7) is 1.37. The summed E-state index contributed by atoms with van der Waals surface area (Å²) in [6, 6.07) is 17.8. The van der Waals surface area contributed by atoms with E-state index >= 15 is 0 Å². The highest BCUT2D eigenvalue weighted by molar-refractivity contribution is 6.51. The maximum Gasteiger partial charge on any atom is 0.300 e. The van der Waals surface area contributed by atoms with Crippen molar-refractivity contribution in [2.75, 3.05) is 29.2 Å². The molecule has 37 heavy (non-hydrogen) atoms. The predicted molar refractivity (Wildman–Crippen MR) is 139 cm³/mol. The minimum absolute atomic E-state index is 0.0446. The minimum Gasteiger partial charge on any atom is -0.507 e. The van der Waals surface area contributed by atoms with Gasteiger partial charge >= 0.3 is 0 Å². The lowest BCUT2D eigenvalue weighted by atomic mass is 9.94. The Balaban J connectivity index is 1.89. The first-order valence-electron chi connectivity index (χ1n) is 11.3. The SMILES string of the molecule is CC(=O)Nc1ccc(N2C(=O)C(=O)/C(=C(\O)c3cccc([N+](=O)[O-])c3)C2c2ccc(N(C)C)cc2)cc1. The maximum absolute atomic E-state index is 13.3. The van der Waals surface area contributed by atoms with Gasteiger partial charge in [0.2, 0.25) is 5.91 Å². The van der Waals surface area contributed by atoms with Crippen molar-refractivity contribution < 1.29 is 24.4 Å². The minimum atomic E-state index is -0.998. The van der Waals surface area contributed by atoms with Crippen molar-refractivity contribution in [1.82, 2.24) is 0 Å². The van der Waals surface area contributed by atoms with Crippen LogP contribution in [0.3, 0.4) is 0 Å². The second-order valence-corrected chi connectivity index (χ2v) is 8.69. The molecule has 0 spiro atoms. The Morgan fingerprint density at radius 1 is 1.03 bits per heavy atom. The average molecular weight is 501 g/mol. The highest BCUT2D eigenvalue weighted by Gasteiger charge is 2.47. The normalized spacial score (nSPS) is 16.5. The first kappa shape index (κ1) is 25.1. The van der Waals surface area contributed by atoms with Gasteiger partial charge in [0.25, 0.3) is 17.4 Å². The summed E-state index contributed by atoms with van der Waals surface area (Å²) >= 11 is 0. The molecule has 1 atom stereocenters. The molecule has 3 aromatic rings. The van der Waals surface area contributed by atoms with Gasteiger partial charge in [0.05, 0.1) is 16.5 Å². The van der Waals surface area contributed by atoms with Gasteiger partial charge in [-0.1, -0.05) is 24.3 Å². The molecule has 1 aliphatic rings. The molecule has 1 heterocycles. The molecule has 0 aliphatic carbocycles. The summed E-state index contributed by atoms with van der Waals surface area (Å²) in [7, 11) is 3.75. The van der Waals surface area contributed by atoms with Crippen LogP contribution in [0.5, 0.6) is 0 Å². The third-order valence-corrected chi connectivity index (χ3v) is 5.97. The van der Waals surface area contributed by atoms with Crippen LogP contribution in [0.15, 0.2) is 78.4 Å². The largest absolute Gasteiger partial charge is 0.507 e. The topological polar surface area (TPSA) is 133 Å². The van der Waals surface area contributed by atoms with E-state index in [-0.39, 0.29) is 22.7 Å². The quantitative estimate of drug-likeness (QED) is 0.170. The van der Waals surface area contributed by atoms with Crippen LogP contribution < -0.4 is 15.1 Å². The Morgan fingerprint density at radius 3 is 2.24 bits per heavy atom. The van der Waals surface area contributed by atoms with Crippen LogP contribution >= 0.6 is 0 Å². The van der Waals surface area contributed by atoms with E-state index in [0.29, 0.717) is 16.9 Å². The monoisotopic (exact) mass is 500 g/mol. The van der Waals surface area contributed by atoms with Gasteiger partial charge in [0, 0.05) is 55.8 Å². The van der Waals surface area contributed by atoms with Crippen LogP contribution in [0.4, 0.5) is 22.7 Å². The first-order valence-corrected chi connectivity index (χ1v) is 11.3. The zero-order valence-electron chi connectivity index (χ0n) is 20.3. The fourth-order valence-electron chi connectivity index (χ4n) is 4.20. The number of nitrogens with zero attached hydrogens (tertiary/aromatic N) is 3. The Kier molecular flexibility index (Phi) is 6.75. The molecule has 0 radical (unpaired) electrons. The Bertz CT molecular complexity index is 1430.